The number of rotatable bonds is 6. The molecule has 1 saturated heterocycles. The highest BCUT2D eigenvalue weighted by molar-refractivity contribution is 7.89. The van der Waals surface area contributed by atoms with Gasteiger partial charge in [0.05, 0.1) is 17.9 Å². The van der Waals surface area contributed by atoms with Gasteiger partial charge in [-0.05, 0) is 57.2 Å². The number of carbonyl (C=O) groups is 1. The Morgan fingerprint density at radius 2 is 1.70 bits per heavy atom. The molecular formula is C22H30N4O3S. The molecule has 0 unspecified atom stereocenters. The summed E-state index contributed by atoms with van der Waals surface area (Å²) in [5.41, 5.74) is 2.81. The molecule has 0 atom stereocenters. The second-order valence-corrected chi connectivity index (χ2v) is 10.3. The highest BCUT2D eigenvalue weighted by Gasteiger charge is 2.32. The van der Waals surface area contributed by atoms with E-state index in [9.17, 15) is 13.2 Å². The summed E-state index contributed by atoms with van der Waals surface area (Å²) in [5, 5.41) is 7.60. The van der Waals surface area contributed by atoms with Crippen LogP contribution in [0.3, 0.4) is 0 Å². The quantitative estimate of drug-likeness (QED) is 0.764. The molecular weight excluding hydrogens is 400 g/mol. The van der Waals surface area contributed by atoms with Crippen molar-refractivity contribution in [2.24, 2.45) is 0 Å². The van der Waals surface area contributed by atoms with E-state index in [1.165, 1.54) is 12.8 Å². The summed E-state index contributed by atoms with van der Waals surface area (Å²) in [6.45, 7) is 5.19. The van der Waals surface area contributed by atoms with Crippen LogP contribution in [0.1, 0.15) is 65.8 Å². The largest absolute Gasteiger partial charge is 0.349 e. The average Bonchev–Trinajstić information content (AvgIpc) is 3.46. The zero-order chi connectivity index (χ0) is 21.3. The molecule has 0 radical (unpaired) electrons. The van der Waals surface area contributed by atoms with Crippen LogP contribution in [-0.4, -0.2) is 47.5 Å². The Kier molecular flexibility index (Phi) is 5.97. The van der Waals surface area contributed by atoms with Gasteiger partial charge in [0.1, 0.15) is 4.90 Å². The summed E-state index contributed by atoms with van der Waals surface area (Å²) in [4.78, 5) is 12.7. The third kappa shape index (κ3) is 4.16. The van der Waals surface area contributed by atoms with E-state index < -0.39 is 10.0 Å². The van der Waals surface area contributed by atoms with Crippen LogP contribution in [0.2, 0.25) is 0 Å². The molecule has 0 bridgehead atoms. The molecule has 1 saturated carbocycles. The molecule has 1 amide bonds. The Morgan fingerprint density at radius 1 is 1.07 bits per heavy atom. The molecule has 4 rings (SSSR count). The first kappa shape index (κ1) is 21.1. The summed E-state index contributed by atoms with van der Waals surface area (Å²) in [6, 6.07) is 7.77. The maximum atomic E-state index is 13.0. The van der Waals surface area contributed by atoms with Crippen molar-refractivity contribution in [1.82, 2.24) is 19.4 Å². The van der Waals surface area contributed by atoms with Gasteiger partial charge in [-0.3, -0.25) is 9.48 Å². The van der Waals surface area contributed by atoms with E-state index in [1.54, 1.807) is 15.9 Å². The van der Waals surface area contributed by atoms with E-state index in [0.29, 0.717) is 47.5 Å². The SMILES string of the molecule is Cc1nn(Cc2ccc(C(=O)NC3CCCC3)cc2)c(C)c1S(=O)(=O)N1CCCC1. The lowest BCUT2D eigenvalue weighted by atomic mass is 10.1. The minimum atomic E-state index is -3.50. The van der Waals surface area contributed by atoms with Gasteiger partial charge >= 0.3 is 0 Å². The molecule has 8 heteroatoms. The molecule has 1 aromatic carbocycles. The number of benzene rings is 1. The van der Waals surface area contributed by atoms with Crippen molar-refractivity contribution >= 4 is 15.9 Å². The second-order valence-electron chi connectivity index (χ2n) is 8.42. The maximum Gasteiger partial charge on any atom is 0.251 e. The van der Waals surface area contributed by atoms with E-state index in [-0.39, 0.29) is 5.91 Å². The molecule has 2 aromatic rings. The van der Waals surface area contributed by atoms with Crippen LogP contribution in [0.4, 0.5) is 0 Å². The van der Waals surface area contributed by atoms with Crippen molar-refractivity contribution in [2.75, 3.05) is 13.1 Å². The van der Waals surface area contributed by atoms with Gasteiger partial charge in [0.2, 0.25) is 10.0 Å². The Labute approximate surface area is 178 Å². The zero-order valence-corrected chi connectivity index (χ0v) is 18.5. The lowest BCUT2D eigenvalue weighted by molar-refractivity contribution is 0.0938. The van der Waals surface area contributed by atoms with Crippen molar-refractivity contribution in [1.29, 1.82) is 0 Å². The van der Waals surface area contributed by atoms with Crippen LogP contribution in [0.5, 0.6) is 0 Å². The van der Waals surface area contributed by atoms with E-state index >= 15 is 0 Å². The molecule has 162 valence electrons. The van der Waals surface area contributed by atoms with Crippen LogP contribution in [0.25, 0.3) is 0 Å². The first-order valence-electron chi connectivity index (χ1n) is 10.8. The van der Waals surface area contributed by atoms with Crippen molar-refractivity contribution in [3.8, 4) is 0 Å². The zero-order valence-electron chi connectivity index (χ0n) is 17.7. The number of hydrogen-bond donors (Lipinski definition) is 1. The molecule has 1 aliphatic heterocycles. The predicted molar refractivity (Wildman–Crippen MR) is 115 cm³/mol. The number of nitrogens with zero attached hydrogens (tertiary/aromatic N) is 3. The monoisotopic (exact) mass is 430 g/mol. The summed E-state index contributed by atoms with van der Waals surface area (Å²) in [6.07, 6.45) is 6.30. The topological polar surface area (TPSA) is 84.3 Å². The van der Waals surface area contributed by atoms with Crippen LogP contribution < -0.4 is 5.32 Å². The minimum Gasteiger partial charge on any atom is -0.349 e. The van der Waals surface area contributed by atoms with Crippen LogP contribution in [-0.2, 0) is 16.6 Å². The molecule has 2 fully saturated rings. The molecule has 2 heterocycles. The molecule has 2 aliphatic rings. The Morgan fingerprint density at radius 3 is 2.33 bits per heavy atom. The third-order valence-electron chi connectivity index (χ3n) is 6.22. The minimum absolute atomic E-state index is 0.0291. The molecule has 1 N–H and O–H groups in total. The van der Waals surface area contributed by atoms with Crippen molar-refractivity contribution in [3.63, 3.8) is 0 Å². The summed E-state index contributed by atoms with van der Waals surface area (Å²) < 4.78 is 29.4. The first-order valence-corrected chi connectivity index (χ1v) is 12.2. The number of nitrogens with one attached hydrogen (secondary N) is 1. The van der Waals surface area contributed by atoms with E-state index in [2.05, 4.69) is 10.4 Å². The number of amides is 1. The number of carbonyl (C=O) groups excluding carboxylic acids is 1. The highest BCUT2D eigenvalue weighted by Crippen LogP contribution is 2.27. The van der Waals surface area contributed by atoms with Gasteiger partial charge in [-0.25, -0.2) is 8.42 Å². The lowest BCUT2D eigenvalue weighted by Crippen LogP contribution is -2.32. The summed E-state index contributed by atoms with van der Waals surface area (Å²) in [7, 11) is -3.50. The summed E-state index contributed by atoms with van der Waals surface area (Å²) in [5.74, 6) is -0.0291. The Balaban J connectivity index is 1.48. The molecule has 1 aromatic heterocycles. The fourth-order valence-corrected chi connectivity index (χ4v) is 6.43. The lowest BCUT2D eigenvalue weighted by Gasteiger charge is -2.15. The van der Waals surface area contributed by atoms with E-state index in [1.807, 2.05) is 31.2 Å². The van der Waals surface area contributed by atoms with Crippen LogP contribution in [0, 0.1) is 13.8 Å². The predicted octanol–water partition coefficient (Wildman–Crippen LogP) is 3.01. The standard InChI is InChI=1S/C22H30N4O3S/c1-16-21(30(28,29)25-13-5-6-14-25)17(2)26(24-16)15-18-9-11-19(12-10-18)22(27)23-20-7-3-4-8-20/h9-12,20H,3-8,13-15H2,1-2H3,(H,23,27). The molecule has 7 nitrogen and oxygen atoms in total. The van der Waals surface area contributed by atoms with Gasteiger partial charge in [0, 0.05) is 24.7 Å². The number of hydrogen-bond acceptors (Lipinski definition) is 4. The van der Waals surface area contributed by atoms with Gasteiger partial charge in [0.15, 0.2) is 0 Å². The van der Waals surface area contributed by atoms with Gasteiger partial charge in [-0.15, -0.1) is 0 Å². The normalized spacial score (nSPS) is 18.2. The van der Waals surface area contributed by atoms with Crippen LogP contribution >= 0.6 is 0 Å². The third-order valence-corrected chi connectivity index (χ3v) is 8.37. The molecule has 0 spiro atoms. The van der Waals surface area contributed by atoms with Gasteiger partial charge in [0.25, 0.3) is 5.91 Å². The fourth-order valence-electron chi connectivity index (χ4n) is 4.54. The summed E-state index contributed by atoms with van der Waals surface area (Å²) >= 11 is 0. The van der Waals surface area contributed by atoms with Gasteiger partial charge in [-0.1, -0.05) is 25.0 Å². The number of sulfonamides is 1. The van der Waals surface area contributed by atoms with E-state index in [0.717, 1.165) is 31.2 Å². The Hall–Kier alpha value is -2.19. The van der Waals surface area contributed by atoms with Crippen LogP contribution in [0.15, 0.2) is 29.2 Å². The van der Waals surface area contributed by atoms with Gasteiger partial charge < -0.3 is 5.32 Å². The van der Waals surface area contributed by atoms with Crippen molar-refractivity contribution in [2.45, 2.75) is 69.9 Å². The maximum absolute atomic E-state index is 13.0. The highest BCUT2D eigenvalue weighted by atomic mass is 32.2. The fraction of sp³-hybridized carbons (Fsp3) is 0.545. The smallest absolute Gasteiger partial charge is 0.251 e. The Bertz CT molecular complexity index is 1020. The molecule has 1 aliphatic carbocycles. The van der Waals surface area contributed by atoms with Gasteiger partial charge in [-0.2, -0.15) is 9.40 Å². The van der Waals surface area contributed by atoms with Crippen molar-refractivity contribution < 1.29 is 13.2 Å². The molecule has 30 heavy (non-hydrogen) atoms. The average molecular weight is 431 g/mol. The first-order chi connectivity index (χ1) is 14.4. The van der Waals surface area contributed by atoms with Crippen molar-refractivity contribution in [3.05, 3.63) is 46.8 Å². The van der Waals surface area contributed by atoms with E-state index in [4.69, 9.17) is 0 Å². The number of aromatic nitrogens is 2. The number of aryl methyl sites for hydroxylation is 1. The second kappa shape index (κ2) is 8.51.